The van der Waals surface area contributed by atoms with Crippen molar-refractivity contribution in [2.45, 2.75) is 6.18 Å². The van der Waals surface area contributed by atoms with Gasteiger partial charge < -0.3 is 10.4 Å². The van der Waals surface area contributed by atoms with Crippen LogP contribution in [0.1, 0.15) is 26.3 Å². The highest BCUT2D eigenvalue weighted by molar-refractivity contribution is 6.16. The Morgan fingerprint density at radius 3 is 2.13 bits per heavy atom. The van der Waals surface area contributed by atoms with Gasteiger partial charge in [0, 0.05) is 35.0 Å². The summed E-state index contributed by atoms with van der Waals surface area (Å²) in [5.74, 6) is -1.68. The van der Waals surface area contributed by atoms with E-state index in [2.05, 4.69) is 5.32 Å². The molecule has 0 bridgehead atoms. The van der Waals surface area contributed by atoms with Crippen LogP contribution in [0.5, 0.6) is 0 Å². The molecule has 0 heterocycles. The van der Waals surface area contributed by atoms with Gasteiger partial charge in [-0.1, -0.05) is 24.3 Å². The summed E-state index contributed by atoms with van der Waals surface area (Å²) in [4.78, 5) is 35.2. The molecule has 0 spiro atoms. The number of allylic oxidation sites excluding steroid dienone is 4. The zero-order chi connectivity index (χ0) is 22.8. The van der Waals surface area contributed by atoms with Crippen LogP contribution < -0.4 is 5.32 Å². The molecule has 0 aliphatic heterocycles. The van der Waals surface area contributed by atoms with Crippen molar-refractivity contribution in [2.75, 3.05) is 5.32 Å². The topological polar surface area (TPSA) is 110 Å². The van der Waals surface area contributed by atoms with Crippen molar-refractivity contribution >= 4 is 22.9 Å². The fraction of sp³-hybridized carbons (Fsp3) is 0.0476. The molecule has 0 aromatic heterocycles. The van der Waals surface area contributed by atoms with Crippen LogP contribution in [0.25, 0.3) is 0 Å². The number of benzene rings is 2. The quantitative estimate of drug-likeness (QED) is 0.525. The van der Waals surface area contributed by atoms with Crippen molar-refractivity contribution in [1.82, 2.24) is 0 Å². The molecule has 2 aromatic carbocycles. The number of nitrogens with one attached hydrogen (secondary N) is 1. The van der Waals surface area contributed by atoms with E-state index in [1.54, 1.807) is 0 Å². The van der Waals surface area contributed by atoms with Crippen molar-refractivity contribution in [3.8, 4) is 0 Å². The molecule has 2 N–H and O–H groups in total. The second-order valence-corrected chi connectivity index (χ2v) is 6.39. The lowest BCUT2D eigenvalue weighted by Gasteiger charge is -2.12. The fourth-order valence-electron chi connectivity index (χ4n) is 2.81. The number of alkyl halides is 3. The van der Waals surface area contributed by atoms with E-state index in [1.165, 1.54) is 24.3 Å². The second kappa shape index (κ2) is 8.27. The SMILES string of the molecule is O=C1/C=C(O)/C=C\C(Nc2ccc(C(F)(F)F)cc2[N+](=O)[O-])=C\C(=O)c2ccccc21. The number of carbonyl (C=O) groups excluding carboxylic acids is 2. The third kappa shape index (κ3) is 4.86. The first kappa shape index (κ1) is 21.5. The normalized spacial score (nSPS) is 18.8. The van der Waals surface area contributed by atoms with E-state index >= 15 is 0 Å². The highest BCUT2D eigenvalue weighted by Crippen LogP contribution is 2.35. The summed E-state index contributed by atoms with van der Waals surface area (Å²) >= 11 is 0. The highest BCUT2D eigenvalue weighted by Gasteiger charge is 2.33. The number of hydrogen-bond acceptors (Lipinski definition) is 6. The van der Waals surface area contributed by atoms with Crippen molar-refractivity contribution < 1.29 is 32.8 Å². The predicted octanol–water partition coefficient (Wildman–Crippen LogP) is 4.99. The molecule has 0 fully saturated rings. The molecule has 31 heavy (non-hydrogen) atoms. The summed E-state index contributed by atoms with van der Waals surface area (Å²) in [6, 6.07) is 7.74. The maximum absolute atomic E-state index is 12.9. The molecule has 0 radical (unpaired) electrons. The van der Waals surface area contributed by atoms with Crippen LogP contribution in [-0.2, 0) is 6.18 Å². The van der Waals surface area contributed by atoms with Gasteiger partial charge in [-0.2, -0.15) is 13.2 Å². The van der Waals surface area contributed by atoms with E-state index in [4.69, 9.17) is 0 Å². The van der Waals surface area contributed by atoms with Crippen molar-refractivity contribution in [2.24, 2.45) is 0 Å². The average molecular weight is 430 g/mol. The van der Waals surface area contributed by atoms with E-state index in [1.807, 2.05) is 0 Å². The Hall–Kier alpha value is -4.21. The van der Waals surface area contributed by atoms with Crippen molar-refractivity contribution in [3.63, 3.8) is 0 Å². The first-order valence-electron chi connectivity index (χ1n) is 8.67. The Kier molecular flexibility index (Phi) is 5.73. The summed E-state index contributed by atoms with van der Waals surface area (Å²) in [7, 11) is 0. The van der Waals surface area contributed by atoms with Crippen LogP contribution >= 0.6 is 0 Å². The first-order valence-corrected chi connectivity index (χ1v) is 8.67. The maximum atomic E-state index is 12.9. The van der Waals surface area contributed by atoms with Gasteiger partial charge in [0.25, 0.3) is 5.69 Å². The summed E-state index contributed by atoms with van der Waals surface area (Å²) in [6.07, 6.45) is -0.642. The van der Waals surface area contributed by atoms with Crippen LogP contribution in [0.2, 0.25) is 0 Å². The number of rotatable bonds is 3. The second-order valence-electron chi connectivity index (χ2n) is 6.39. The third-order valence-electron chi connectivity index (χ3n) is 4.26. The Morgan fingerprint density at radius 2 is 1.55 bits per heavy atom. The lowest BCUT2D eigenvalue weighted by atomic mass is 9.98. The Labute approximate surface area is 173 Å². The van der Waals surface area contributed by atoms with E-state index < -0.39 is 39.7 Å². The number of ketones is 2. The monoisotopic (exact) mass is 430 g/mol. The Morgan fingerprint density at radius 1 is 0.935 bits per heavy atom. The number of aliphatic hydroxyl groups is 1. The molecular weight excluding hydrogens is 417 g/mol. The number of halogens is 3. The molecular formula is C21H13F3N2O5. The van der Waals surface area contributed by atoms with Gasteiger partial charge in [0.1, 0.15) is 11.4 Å². The molecule has 158 valence electrons. The third-order valence-corrected chi connectivity index (χ3v) is 4.26. The zero-order valence-corrected chi connectivity index (χ0v) is 15.5. The maximum Gasteiger partial charge on any atom is 0.416 e. The summed E-state index contributed by atoms with van der Waals surface area (Å²) in [6.45, 7) is 0. The molecule has 0 saturated carbocycles. The van der Waals surface area contributed by atoms with Crippen LogP contribution in [-0.4, -0.2) is 21.6 Å². The number of hydrogen-bond donors (Lipinski definition) is 2. The zero-order valence-electron chi connectivity index (χ0n) is 15.5. The number of aliphatic hydroxyl groups excluding tert-OH is 1. The van der Waals surface area contributed by atoms with Crippen LogP contribution in [0.4, 0.5) is 24.5 Å². The molecule has 0 unspecified atom stereocenters. The van der Waals surface area contributed by atoms with Gasteiger partial charge >= 0.3 is 6.18 Å². The molecule has 7 nitrogen and oxygen atoms in total. The number of anilines is 1. The van der Waals surface area contributed by atoms with Gasteiger partial charge in [-0.05, 0) is 24.3 Å². The lowest BCUT2D eigenvalue weighted by Crippen LogP contribution is -2.10. The standard InChI is InChI=1S/C21H13F3N2O5/c22-21(23,24)12-5-8-17(18(9-12)26(30)31)25-13-6-7-14(27)11-20(29)16-4-2-1-3-15(16)19(28)10-13/h1-11,25,27H/b7-6-,13-10-,14-11-. The number of nitrogens with zero attached hydrogens (tertiary/aromatic N) is 1. The van der Waals surface area contributed by atoms with E-state index in [-0.39, 0.29) is 22.5 Å². The Bertz CT molecular complexity index is 1180. The number of nitro benzene ring substituents is 1. The number of nitro groups is 1. The molecule has 1 aliphatic carbocycles. The highest BCUT2D eigenvalue weighted by atomic mass is 19.4. The van der Waals surface area contributed by atoms with Crippen LogP contribution in [0, 0.1) is 10.1 Å². The molecule has 3 rings (SSSR count). The van der Waals surface area contributed by atoms with Gasteiger partial charge in [-0.15, -0.1) is 0 Å². The molecule has 0 atom stereocenters. The first-order chi connectivity index (χ1) is 14.6. The van der Waals surface area contributed by atoms with Crippen LogP contribution in [0.15, 0.2) is 78.2 Å². The van der Waals surface area contributed by atoms with E-state index in [0.29, 0.717) is 12.1 Å². The lowest BCUT2D eigenvalue weighted by molar-refractivity contribution is -0.384. The minimum atomic E-state index is -4.78. The summed E-state index contributed by atoms with van der Waals surface area (Å²) in [5, 5.41) is 23.8. The van der Waals surface area contributed by atoms with E-state index in [9.17, 15) is 38.0 Å². The number of carbonyl (C=O) groups is 2. The molecule has 10 heteroatoms. The van der Waals surface area contributed by atoms with Gasteiger partial charge in [-0.3, -0.25) is 19.7 Å². The molecule has 0 saturated heterocycles. The van der Waals surface area contributed by atoms with Gasteiger partial charge in [0.2, 0.25) is 0 Å². The Balaban J connectivity index is 2.08. The van der Waals surface area contributed by atoms with Crippen LogP contribution in [0.3, 0.4) is 0 Å². The predicted molar refractivity (Wildman–Crippen MR) is 105 cm³/mol. The molecule has 2 aromatic rings. The molecule has 0 amide bonds. The summed E-state index contributed by atoms with van der Waals surface area (Å²) in [5.41, 5.74) is -2.37. The smallest absolute Gasteiger partial charge is 0.416 e. The molecule has 1 aliphatic rings. The van der Waals surface area contributed by atoms with Gasteiger partial charge in [0.15, 0.2) is 11.6 Å². The number of fused-ring (bicyclic) bond motifs is 1. The minimum absolute atomic E-state index is 0.0214. The summed E-state index contributed by atoms with van der Waals surface area (Å²) < 4.78 is 38.7. The average Bonchev–Trinajstić information content (AvgIpc) is 2.70. The van der Waals surface area contributed by atoms with Crippen molar-refractivity contribution in [1.29, 1.82) is 0 Å². The fourth-order valence-corrected chi connectivity index (χ4v) is 2.81. The van der Waals surface area contributed by atoms with Gasteiger partial charge in [-0.25, -0.2) is 0 Å². The van der Waals surface area contributed by atoms with Gasteiger partial charge in [0.05, 0.1) is 10.5 Å². The largest absolute Gasteiger partial charge is 0.508 e. The van der Waals surface area contributed by atoms with E-state index in [0.717, 1.165) is 30.4 Å². The van der Waals surface area contributed by atoms with Crippen molar-refractivity contribution in [3.05, 3.63) is 105 Å². The minimum Gasteiger partial charge on any atom is -0.508 e.